The van der Waals surface area contributed by atoms with E-state index in [1.54, 1.807) is 6.92 Å². The lowest BCUT2D eigenvalue weighted by molar-refractivity contribution is 0.223. The summed E-state index contributed by atoms with van der Waals surface area (Å²) < 4.78 is 13.6. The van der Waals surface area contributed by atoms with Gasteiger partial charge in [0.25, 0.3) is 0 Å². The molecule has 2 N–H and O–H groups in total. The van der Waals surface area contributed by atoms with Gasteiger partial charge in [0.05, 0.1) is 12.1 Å². The smallest absolute Gasteiger partial charge is 0.165 e. The number of aromatic nitrogens is 1. The van der Waals surface area contributed by atoms with Crippen LogP contribution in [0, 0.1) is 5.82 Å². The fourth-order valence-corrected chi connectivity index (χ4v) is 1.75. The van der Waals surface area contributed by atoms with E-state index in [1.807, 2.05) is 30.3 Å². The predicted molar refractivity (Wildman–Crippen MR) is 68.7 cm³/mol. The van der Waals surface area contributed by atoms with Gasteiger partial charge in [-0.25, -0.2) is 9.37 Å². The first-order valence-corrected chi connectivity index (χ1v) is 5.71. The van der Waals surface area contributed by atoms with Gasteiger partial charge < -0.3 is 10.4 Å². The molecule has 1 aromatic carbocycles. The van der Waals surface area contributed by atoms with Gasteiger partial charge in [0.1, 0.15) is 0 Å². The maximum Gasteiger partial charge on any atom is 0.165 e. The zero-order chi connectivity index (χ0) is 13.0. The monoisotopic (exact) mass is 246 g/mol. The number of rotatable bonds is 4. The largest absolute Gasteiger partial charge is 0.394 e. The molecule has 0 radical (unpaired) electrons. The molecule has 0 fully saturated rings. The normalized spacial score (nSPS) is 13.9. The molecule has 2 rings (SSSR count). The van der Waals surface area contributed by atoms with Crippen molar-refractivity contribution in [2.45, 2.75) is 12.5 Å². The molecule has 94 valence electrons. The van der Waals surface area contributed by atoms with Gasteiger partial charge in [-0.2, -0.15) is 0 Å². The first kappa shape index (κ1) is 12.5. The van der Waals surface area contributed by atoms with Gasteiger partial charge in [-0.1, -0.05) is 30.3 Å². The number of aliphatic hydroxyl groups is 1. The van der Waals surface area contributed by atoms with Crippen LogP contribution in [0.15, 0.2) is 48.7 Å². The van der Waals surface area contributed by atoms with Gasteiger partial charge in [0.15, 0.2) is 11.6 Å². The number of nitrogens with zero attached hydrogens (tertiary/aromatic N) is 1. The zero-order valence-electron chi connectivity index (χ0n) is 10.1. The van der Waals surface area contributed by atoms with E-state index >= 15 is 0 Å². The van der Waals surface area contributed by atoms with Crippen molar-refractivity contribution in [1.82, 2.24) is 4.98 Å². The molecule has 3 nitrogen and oxygen atoms in total. The second-order valence-electron chi connectivity index (χ2n) is 4.32. The predicted octanol–water partition coefficient (Wildman–Crippen LogP) is 2.54. The summed E-state index contributed by atoms with van der Waals surface area (Å²) in [6, 6.07) is 12.3. The lowest BCUT2D eigenvalue weighted by atomic mass is 9.93. The van der Waals surface area contributed by atoms with Crippen molar-refractivity contribution >= 4 is 5.82 Å². The van der Waals surface area contributed by atoms with Gasteiger partial charge in [-0.15, -0.1) is 0 Å². The van der Waals surface area contributed by atoms with E-state index in [9.17, 15) is 9.50 Å². The van der Waals surface area contributed by atoms with E-state index in [4.69, 9.17) is 0 Å². The van der Waals surface area contributed by atoms with Gasteiger partial charge in [-0.05, 0) is 24.6 Å². The van der Waals surface area contributed by atoms with Crippen molar-refractivity contribution in [3.63, 3.8) is 0 Å². The molecule has 0 saturated heterocycles. The van der Waals surface area contributed by atoms with Crippen molar-refractivity contribution in [1.29, 1.82) is 0 Å². The van der Waals surface area contributed by atoms with E-state index in [0.29, 0.717) is 0 Å². The van der Waals surface area contributed by atoms with E-state index in [0.717, 1.165) is 5.56 Å². The lowest BCUT2D eigenvalue weighted by Crippen LogP contribution is -2.36. The summed E-state index contributed by atoms with van der Waals surface area (Å²) in [6.45, 7) is 1.64. The minimum absolute atomic E-state index is 0.137. The third kappa shape index (κ3) is 2.49. The Morgan fingerprint density at radius 1 is 1.22 bits per heavy atom. The molecule has 2 aromatic rings. The minimum Gasteiger partial charge on any atom is -0.394 e. The van der Waals surface area contributed by atoms with E-state index < -0.39 is 11.4 Å². The molecule has 0 bridgehead atoms. The van der Waals surface area contributed by atoms with Crippen LogP contribution in [0.2, 0.25) is 0 Å². The lowest BCUT2D eigenvalue weighted by Gasteiger charge is -2.30. The molecule has 18 heavy (non-hydrogen) atoms. The Bertz CT molecular complexity index is 518. The fourth-order valence-electron chi connectivity index (χ4n) is 1.75. The summed E-state index contributed by atoms with van der Waals surface area (Å²) in [5.41, 5.74) is 0.105. The van der Waals surface area contributed by atoms with Crippen molar-refractivity contribution in [2.75, 3.05) is 11.9 Å². The first-order valence-electron chi connectivity index (χ1n) is 5.71. The molecule has 0 saturated carbocycles. The summed E-state index contributed by atoms with van der Waals surface area (Å²) in [4.78, 5) is 3.94. The molecule has 0 aliphatic rings. The Balaban J connectivity index is 2.32. The van der Waals surface area contributed by atoms with Gasteiger partial charge in [-0.3, -0.25) is 0 Å². The fraction of sp³-hybridized carbons (Fsp3) is 0.214. The number of halogens is 1. The molecule has 1 unspecified atom stereocenters. The number of pyridine rings is 1. The maximum atomic E-state index is 13.6. The molecule has 0 amide bonds. The summed E-state index contributed by atoms with van der Waals surface area (Å²) in [6.07, 6.45) is 1.51. The number of anilines is 1. The minimum atomic E-state index is -0.767. The number of aliphatic hydroxyl groups excluding tert-OH is 1. The average molecular weight is 246 g/mol. The first-order chi connectivity index (χ1) is 8.65. The average Bonchev–Trinajstić information content (AvgIpc) is 2.42. The van der Waals surface area contributed by atoms with Crippen LogP contribution >= 0.6 is 0 Å². The third-order valence-corrected chi connectivity index (χ3v) is 2.88. The van der Waals surface area contributed by atoms with Crippen LogP contribution in [-0.4, -0.2) is 16.7 Å². The molecule has 1 aromatic heterocycles. The molecular formula is C14H15FN2O. The Labute approximate surface area is 105 Å². The summed E-state index contributed by atoms with van der Waals surface area (Å²) in [5, 5.41) is 12.5. The Hall–Kier alpha value is -1.94. The maximum absolute atomic E-state index is 13.6. The molecule has 1 heterocycles. The quantitative estimate of drug-likeness (QED) is 0.871. The van der Waals surface area contributed by atoms with Crippen LogP contribution in [0.3, 0.4) is 0 Å². The highest BCUT2D eigenvalue weighted by molar-refractivity contribution is 5.42. The number of benzene rings is 1. The second-order valence-corrected chi connectivity index (χ2v) is 4.32. The molecule has 0 aliphatic carbocycles. The number of nitrogens with one attached hydrogen (secondary N) is 1. The topological polar surface area (TPSA) is 45.1 Å². The Kier molecular flexibility index (Phi) is 3.58. The van der Waals surface area contributed by atoms with Gasteiger partial charge >= 0.3 is 0 Å². The number of hydrogen-bond acceptors (Lipinski definition) is 3. The standard InChI is InChI=1S/C14H15FN2O/c1-14(10-18,11-6-3-2-4-7-11)17-13-12(15)8-5-9-16-13/h2-9,18H,10H2,1H3,(H,16,17). The second kappa shape index (κ2) is 5.14. The Morgan fingerprint density at radius 2 is 1.94 bits per heavy atom. The van der Waals surface area contributed by atoms with Crippen LogP contribution in [0.1, 0.15) is 12.5 Å². The summed E-state index contributed by atoms with van der Waals surface area (Å²) in [5.74, 6) is -0.300. The van der Waals surface area contributed by atoms with Crippen LogP contribution in [-0.2, 0) is 5.54 Å². The summed E-state index contributed by atoms with van der Waals surface area (Å²) >= 11 is 0. The highest BCUT2D eigenvalue weighted by Crippen LogP contribution is 2.25. The molecular weight excluding hydrogens is 231 g/mol. The van der Waals surface area contributed by atoms with Crippen molar-refractivity contribution in [3.05, 3.63) is 60.0 Å². The van der Waals surface area contributed by atoms with Crippen LogP contribution in [0.5, 0.6) is 0 Å². The van der Waals surface area contributed by atoms with Crippen molar-refractivity contribution < 1.29 is 9.50 Å². The van der Waals surface area contributed by atoms with Crippen LogP contribution < -0.4 is 5.32 Å². The van der Waals surface area contributed by atoms with Gasteiger partial charge in [0.2, 0.25) is 0 Å². The van der Waals surface area contributed by atoms with E-state index in [-0.39, 0.29) is 12.4 Å². The molecule has 0 spiro atoms. The zero-order valence-corrected chi connectivity index (χ0v) is 10.1. The molecule has 4 heteroatoms. The Morgan fingerprint density at radius 3 is 2.56 bits per heavy atom. The highest BCUT2D eigenvalue weighted by Gasteiger charge is 2.26. The molecule has 0 aliphatic heterocycles. The van der Waals surface area contributed by atoms with Crippen molar-refractivity contribution in [2.24, 2.45) is 0 Å². The summed E-state index contributed by atoms with van der Waals surface area (Å²) in [7, 11) is 0. The third-order valence-electron chi connectivity index (χ3n) is 2.88. The van der Waals surface area contributed by atoms with E-state index in [2.05, 4.69) is 10.3 Å². The highest BCUT2D eigenvalue weighted by atomic mass is 19.1. The van der Waals surface area contributed by atoms with Crippen LogP contribution in [0.25, 0.3) is 0 Å². The molecule has 1 atom stereocenters. The van der Waals surface area contributed by atoms with E-state index in [1.165, 1.54) is 18.3 Å². The van der Waals surface area contributed by atoms with Gasteiger partial charge in [0, 0.05) is 6.20 Å². The van der Waals surface area contributed by atoms with Crippen molar-refractivity contribution in [3.8, 4) is 0 Å². The van der Waals surface area contributed by atoms with Crippen LogP contribution in [0.4, 0.5) is 10.2 Å². The SMILES string of the molecule is CC(CO)(Nc1ncccc1F)c1ccccc1. The number of hydrogen-bond donors (Lipinski definition) is 2.